The zero-order chi connectivity index (χ0) is 21.3. The summed E-state index contributed by atoms with van der Waals surface area (Å²) in [6, 6.07) is 8.10. The molecule has 0 saturated carbocycles. The van der Waals surface area contributed by atoms with Gasteiger partial charge in [-0.15, -0.1) is 0 Å². The molecule has 0 aliphatic rings. The van der Waals surface area contributed by atoms with Gasteiger partial charge < -0.3 is 5.32 Å². The summed E-state index contributed by atoms with van der Waals surface area (Å²) in [5.74, 6) is -0.746. The van der Waals surface area contributed by atoms with Crippen LogP contribution in [-0.4, -0.2) is 26.6 Å². The van der Waals surface area contributed by atoms with Crippen LogP contribution in [0.3, 0.4) is 0 Å². The van der Waals surface area contributed by atoms with E-state index in [1.54, 1.807) is 26.0 Å². The van der Waals surface area contributed by atoms with Crippen molar-refractivity contribution in [2.75, 3.05) is 15.9 Å². The number of sulfonamides is 1. The van der Waals surface area contributed by atoms with Crippen LogP contribution in [0.15, 0.2) is 42.5 Å². The van der Waals surface area contributed by atoms with Crippen LogP contribution in [0, 0.1) is 13.8 Å². The number of nitrogens with one attached hydrogen (secondary N) is 1. The minimum absolute atomic E-state index is 0.0689. The lowest BCUT2D eigenvalue weighted by molar-refractivity contribution is -0.137. The van der Waals surface area contributed by atoms with Crippen molar-refractivity contribution in [2.45, 2.75) is 33.0 Å². The summed E-state index contributed by atoms with van der Waals surface area (Å²) < 4.78 is 64.2. The van der Waals surface area contributed by atoms with Crippen LogP contribution in [-0.2, 0) is 21.0 Å². The van der Waals surface area contributed by atoms with E-state index < -0.39 is 33.7 Å². The van der Waals surface area contributed by atoms with E-state index in [4.69, 9.17) is 0 Å². The van der Waals surface area contributed by atoms with Crippen molar-refractivity contribution < 1.29 is 26.4 Å². The van der Waals surface area contributed by atoms with Gasteiger partial charge in [0, 0.05) is 5.69 Å². The van der Waals surface area contributed by atoms with Gasteiger partial charge >= 0.3 is 6.18 Å². The number of aryl methyl sites for hydroxylation is 2. The van der Waals surface area contributed by atoms with Crippen LogP contribution in [0.1, 0.15) is 23.6 Å². The zero-order valence-electron chi connectivity index (χ0n) is 15.8. The normalized spacial score (nSPS) is 13.1. The van der Waals surface area contributed by atoms with Crippen molar-refractivity contribution >= 4 is 27.3 Å². The summed E-state index contributed by atoms with van der Waals surface area (Å²) in [6.45, 7) is 4.97. The van der Waals surface area contributed by atoms with Crippen LogP contribution in [0.4, 0.5) is 24.5 Å². The number of nitrogens with zero attached hydrogens (tertiary/aromatic N) is 1. The predicted octanol–water partition coefficient (Wildman–Crippen LogP) is 4.12. The number of rotatable bonds is 5. The first-order chi connectivity index (χ1) is 12.8. The number of benzene rings is 2. The Balaban J connectivity index is 2.35. The SMILES string of the molecule is Cc1cc(C)cc(N(C(C)C(=O)Nc2cccc(C(F)(F)F)c2)S(C)(=O)=O)c1. The van der Waals surface area contributed by atoms with Gasteiger partial charge in [0.15, 0.2) is 0 Å². The Morgan fingerprint density at radius 2 is 1.64 bits per heavy atom. The van der Waals surface area contributed by atoms with Crippen molar-refractivity contribution in [3.63, 3.8) is 0 Å². The monoisotopic (exact) mass is 414 g/mol. The Hall–Kier alpha value is -2.55. The van der Waals surface area contributed by atoms with Gasteiger partial charge in [-0.1, -0.05) is 12.1 Å². The van der Waals surface area contributed by atoms with E-state index in [1.165, 1.54) is 19.1 Å². The molecule has 28 heavy (non-hydrogen) atoms. The molecule has 1 amide bonds. The second-order valence-electron chi connectivity index (χ2n) is 6.65. The number of hydrogen-bond acceptors (Lipinski definition) is 3. The molecule has 0 spiro atoms. The molecule has 5 nitrogen and oxygen atoms in total. The largest absolute Gasteiger partial charge is 0.416 e. The second kappa shape index (κ2) is 7.83. The maximum atomic E-state index is 12.8. The van der Waals surface area contributed by atoms with Crippen molar-refractivity contribution in [1.29, 1.82) is 0 Å². The maximum Gasteiger partial charge on any atom is 0.416 e. The predicted molar refractivity (Wildman–Crippen MR) is 103 cm³/mol. The first kappa shape index (κ1) is 21.7. The van der Waals surface area contributed by atoms with Crippen LogP contribution < -0.4 is 9.62 Å². The van der Waals surface area contributed by atoms with E-state index in [9.17, 15) is 26.4 Å². The Morgan fingerprint density at radius 3 is 2.14 bits per heavy atom. The minimum atomic E-state index is -4.55. The summed E-state index contributed by atoms with van der Waals surface area (Å²) in [6.07, 6.45) is -3.58. The van der Waals surface area contributed by atoms with Gasteiger partial charge in [-0.2, -0.15) is 13.2 Å². The fraction of sp³-hybridized carbons (Fsp3) is 0.316. The maximum absolute atomic E-state index is 12.8. The van der Waals surface area contributed by atoms with Crippen molar-refractivity contribution in [1.82, 2.24) is 0 Å². The van der Waals surface area contributed by atoms with Gasteiger partial charge in [0.05, 0.1) is 17.5 Å². The average molecular weight is 414 g/mol. The summed E-state index contributed by atoms with van der Waals surface area (Å²) >= 11 is 0. The molecule has 1 atom stereocenters. The van der Waals surface area contributed by atoms with Crippen LogP contribution in [0.25, 0.3) is 0 Å². The number of carbonyl (C=O) groups excluding carboxylic acids is 1. The molecule has 2 aromatic rings. The van der Waals surface area contributed by atoms with Gasteiger partial charge in [-0.25, -0.2) is 8.42 Å². The molecule has 0 aromatic heterocycles. The molecule has 152 valence electrons. The van der Waals surface area contributed by atoms with Gasteiger partial charge in [0.25, 0.3) is 0 Å². The van der Waals surface area contributed by atoms with Crippen molar-refractivity contribution in [3.05, 3.63) is 59.2 Å². The van der Waals surface area contributed by atoms with Crippen LogP contribution in [0.5, 0.6) is 0 Å². The molecule has 1 unspecified atom stereocenters. The Bertz CT molecular complexity index is 968. The van der Waals surface area contributed by atoms with Gasteiger partial charge in [0.1, 0.15) is 6.04 Å². The molecular weight excluding hydrogens is 393 g/mol. The third kappa shape index (κ3) is 5.25. The number of carbonyl (C=O) groups is 1. The van der Waals surface area contributed by atoms with E-state index >= 15 is 0 Å². The number of hydrogen-bond donors (Lipinski definition) is 1. The van der Waals surface area contributed by atoms with E-state index in [0.29, 0.717) is 5.69 Å². The van der Waals surface area contributed by atoms with E-state index in [1.807, 2.05) is 6.07 Å². The summed E-state index contributed by atoms with van der Waals surface area (Å²) in [7, 11) is -3.83. The van der Waals surface area contributed by atoms with E-state index in [2.05, 4.69) is 5.32 Å². The summed E-state index contributed by atoms with van der Waals surface area (Å²) in [4.78, 5) is 12.6. The molecule has 9 heteroatoms. The molecule has 0 heterocycles. The van der Waals surface area contributed by atoms with Crippen LogP contribution >= 0.6 is 0 Å². The summed E-state index contributed by atoms with van der Waals surface area (Å²) in [5.41, 5.74) is 0.961. The zero-order valence-corrected chi connectivity index (χ0v) is 16.6. The van der Waals surface area contributed by atoms with Gasteiger partial charge in [-0.05, 0) is 62.2 Å². The molecule has 0 fully saturated rings. The van der Waals surface area contributed by atoms with Crippen molar-refractivity contribution in [3.8, 4) is 0 Å². The molecule has 2 rings (SSSR count). The highest BCUT2D eigenvalue weighted by Crippen LogP contribution is 2.31. The van der Waals surface area contributed by atoms with Gasteiger partial charge in [-0.3, -0.25) is 9.10 Å². The molecule has 1 N–H and O–H groups in total. The summed E-state index contributed by atoms with van der Waals surface area (Å²) in [5, 5.41) is 2.36. The highest BCUT2D eigenvalue weighted by molar-refractivity contribution is 7.92. The standard InChI is InChI=1S/C19H21F3N2O3S/c1-12-8-13(2)10-17(9-12)24(28(4,26)27)14(3)18(25)23-16-7-5-6-15(11-16)19(20,21)22/h5-11,14H,1-4H3,(H,23,25). The number of anilines is 2. The van der Waals surface area contributed by atoms with Crippen LogP contribution in [0.2, 0.25) is 0 Å². The first-order valence-corrected chi connectivity index (χ1v) is 10.2. The topological polar surface area (TPSA) is 66.5 Å². The lowest BCUT2D eigenvalue weighted by Crippen LogP contribution is -2.45. The molecule has 0 aliphatic heterocycles. The minimum Gasteiger partial charge on any atom is -0.324 e. The third-order valence-electron chi connectivity index (χ3n) is 4.01. The molecule has 0 bridgehead atoms. The van der Waals surface area contributed by atoms with Gasteiger partial charge in [0.2, 0.25) is 15.9 Å². The Labute approximate surface area is 162 Å². The molecular formula is C19H21F3N2O3S. The molecule has 0 aliphatic carbocycles. The van der Waals surface area contributed by atoms with E-state index in [-0.39, 0.29) is 5.69 Å². The fourth-order valence-electron chi connectivity index (χ4n) is 2.91. The molecule has 0 saturated heterocycles. The molecule has 2 aromatic carbocycles. The Kier molecular flexibility index (Phi) is 6.08. The quantitative estimate of drug-likeness (QED) is 0.801. The number of amides is 1. The highest BCUT2D eigenvalue weighted by atomic mass is 32.2. The highest BCUT2D eigenvalue weighted by Gasteiger charge is 2.32. The number of alkyl halides is 3. The smallest absolute Gasteiger partial charge is 0.324 e. The fourth-order valence-corrected chi connectivity index (χ4v) is 4.07. The first-order valence-electron chi connectivity index (χ1n) is 8.35. The lowest BCUT2D eigenvalue weighted by atomic mass is 10.1. The third-order valence-corrected chi connectivity index (χ3v) is 5.25. The lowest BCUT2D eigenvalue weighted by Gasteiger charge is -2.29. The average Bonchev–Trinajstić information content (AvgIpc) is 2.52. The Morgan fingerprint density at radius 1 is 1.07 bits per heavy atom. The van der Waals surface area contributed by atoms with E-state index in [0.717, 1.165) is 33.8 Å². The number of halogens is 3. The molecule has 0 radical (unpaired) electrons. The second-order valence-corrected chi connectivity index (χ2v) is 8.51. The van der Waals surface area contributed by atoms with Crippen molar-refractivity contribution in [2.24, 2.45) is 0 Å².